The minimum absolute atomic E-state index is 0.200. The first-order valence-corrected chi connectivity index (χ1v) is 6.48. The van der Waals surface area contributed by atoms with Crippen LogP contribution in [0.2, 0.25) is 0 Å². The Hall–Kier alpha value is -0.900. The molecule has 2 N–H and O–H groups in total. The van der Waals surface area contributed by atoms with Gasteiger partial charge in [0.05, 0.1) is 0 Å². The summed E-state index contributed by atoms with van der Waals surface area (Å²) in [5.74, 6) is -0.894. The van der Waals surface area contributed by atoms with Gasteiger partial charge in [-0.05, 0) is 6.42 Å². The van der Waals surface area contributed by atoms with E-state index in [-0.39, 0.29) is 5.78 Å². The van der Waals surface area contributed by atoms with Crippen LogP contribution in [0.1, 0.15) is 58.3 Å². The second-order valence-electron chi connectivity index (χ2n) is 4.36. The maximum absolute atomic E-state index is 11.5. The molecule has 0 aliphatic rings. The topological polar surface area (TPSA) is 69.4 Å². The van der Waals surface area contributed by atoms with Crippen molar-refractivity contribution in [3.05, 3.63) is 0 Å². The first kappa shape index (κ1) is 16.1. The Bertz CT molecular complexity index is 229. The zero-order valence-corrected chi connectivity index (χ0v) is 11.0. The van der Waals surface area contributed by atoms with E-state index in [9.17, 15) is 9.59 Å². The number of unbranched alkanes of at least 4 members (excludes halogenated alkanes) is 6. The number of rotatable bonds is 11. The molecule has 4 nitrogen and oxygen atoms in total. The van der Waals surface area contributed by atoms with Gasteiger partial charge < -0.3 is 10.5 Å². The molecule has 1 unspecified atom stereocenters. The fraction of sp³-hybridized carbons (Fsp3) is 0.846. The molecule has 0 fully saturated rings. The van der Waals surface area contributed by atoms with Gasteiger partial charge in [0, 0.05) is 13.5 Å². The molecule has 0 aromatic heterocycles. The number of hydrogen-bond donors (Lipinski definition) is 1. The number of methoxy groups -OCH3 is 1. The third-order valence-electron chi connectivity index (χ3n) is 2.81. The Kier molecular flexibility index (Phi) is 9.72. The van der Waals surface area contributed by atoms with Gasteiger partial charge in [0.25, 0.3) is 5.91 Å². The van der Waals surface area contributed by atoms with Crippen LogP contribution in [0.3, 0.4) is 0 Å². The molecule has 17 heavy (non-hydrogen) atoms. The maximum Gasteiger partial charge on any atom is 0.254 e. The molecule has 0 bridgehead atoms. The molecule has 0 aromatic carbocycles. The number of ketones is 1. The van der Waals surface area contributed by atoms with E-state index in [1.807, 2.05) is 0 Å². The highest BCUT2D eigenvalue weighted by Crippen LogP contribution is 2.09. The number of carbonyl (C=O) groups excluding carboxylic acids is 2. The van der Waals surface area contributed by atoms with Crippen LogP contribution in [0.25, 0.3) is 0 Å². The van der Waals surface area contributed by atoms with Crippen LogP contribution in [-0.2, 0) is 14.3 Å². The van der Waals surface area contributed by atoms with Crippen molar-refractivity contribution in [2.24, 2.45) is 5.73 Å². The van der Waals surface area contributed by atoms with Gasteiger partial charge in [-0.1, -0.05) is 45.4 Å². The van der Waals surface area contributed by atoms with E-state index >= 15 is 0 Å². The molecule has 1 atom stereocenters. The number of carbonyl (C=O) groups is 2. The Morgan fingerprint density at radius 3 is 2.06 bits per heavy atom. The number of Topliss-reactive ketones (excluding diaryl/α,β-unsaturated/α-hetero) is 1. The number of hydrogen-bond acceptors (Lipinski definition) is 3. The normalized spacial score (nSPS) is 12.4. The minimum Gasteiger partial charge on any atom is -0.367 e. The Balaban J connectivity index is 3.53. The molecular formula is C13H25NO3. The SMILES string of the molecule is CCCCCCCCCC(=O)C(OC)C(N)=O. The van der Waals surface area contributed by atoms with Gasteiger partial charge in [0.2, 0.25) is 0 Å². The molecule has 0 spiro atoms. The average molecular weight is 243 g/mol. The van der Waals surface area contributed by atoms with Gasteiger partial charge in [-0.25, -0.2) is 0 Å². The van der Waals surface area contributed by atoms with Crippen molar-refractivity contribution in [1.82, 2.24) is 0 Å². The maximum atomic E-state index is 11.5. The van der Waals surface area contributed by atoms with E-state index in [1.165, 1.54) is 32.8 Å². The third-order valence-corrected chi connectivity index (χ3v) is 2.81. The molecule has 100 valence electrons. The highest BCUT2D eigenvalue weighted by molar-refractivity contribution is 6.03. The standard InChI is InChI=1S/C13H25NO3/c1-3-4-5-6-7-8-9-10-11(15)12(17-2)13(14)16/h12H,3-10H2,1-2H3,(H2,14,16). The van der Waals surface area contributed by atoms with E-state index in [1.54, 1.807) is 0 Å². The van der Waals surface area contributed by atoms with E-state index in [0.29, 0.717) is 6.42 Å². The second-order valence-corrected chi connectivity index (χ2v) is 4.36. The van der Waals surface area contributed by atoms with E-state index in [4.69, 9.17) is 10.5 Å². The summed E-state index contributed by atoms with van der Waals surface area (Å²) in [5, 5.41) is 0. The summed E-state index contributed by atoms with van der Waals surface area (Å²) in [7, 11) is 1.33. The van der Waals surface area contributed by atoms with Crippen molar-refractivity contribution in [2.45, 2.75) is 64.4 Å². The van der Waals surface area contributed by atoms with E-state index < -0.39 is 12.0 Å². The first-order chi connectivity index (χ1) is 8.13. The van der Waals surface area contributed by atoms with Gasteiger partial charge in [0.15, 0.2) is 11.9 Å². The molecule has 0 aliphatic carbocycles. The van der Waals surface area contributed by atoms with Gasteiger partial charge >= 0.3 is 0 Å². The van der Waals surface area contributed by atoms with Gasteiger partial charge in [-0.3, -0.25) is 9.59 Å². The number of amides is 1. The summed E-state index contributed by atoms with van der Waals surface area (Å²) in [6.07, 6.45) is 7.35. The minimum atomic E-state index is -1.06. The number of nitrogens with two attached hydrogens (primary N) is 1. The fourth-order valence-corrected chi connectivity index (χ4v) is 1.79. The Morgan fingerprint density at radius 1 is 1.06 bits per heavy atom. The van der Waals surface area contributed by atoms with Crippen LogP contribution < -0.4 is 5.73 Å². The summed E-state index contributed by atoms with van der Waals surface area (Å²) in [5.41, 5.74) is 5.05. The first-order valence-electron chi connectivity index (χ1n) is 6.48. The lowest BCUT2D eigenvalue weighted by Crippen LogP contribution is -2.37. The van der Waals surface area contributed by atoms with Crippen molar-refractivity contribution in [3.8, 4) is 0 Å². The average Bonchev–Trinajstić information content (AvgIpc) is 2.28. The van der Waals surface area contributed by atoms with Crippen LogP contribution in [-0.4, -0.2) is 24.9 Å². The van der Waals surface area contributed by atoms with Crippen LogP contribution in [0.15, 0.2) is 0 Å². The van der Waals surface area contributed by atoms with Crippen LogP contribution in [0.5, 0.6) is 0 Å². The lowest BCUT2D eigenvalue weighted by atomic mass is 10.0. The van der Waals surface area contributed by atoms with Gasteiger partial charge in [-0.2, -0.15) is 0 Å². The quantitative estimate of drug-likeness (QED) is 0.447. The predicted octanol–water partition coefficient (Wildman–Crippen LogP) is 2.20. The summed E-state index contributed by atoms with van der Waals surface area (Å²) >= 11 is 0. The molecule has 0 heterocycles. The summed E-state index contributed by atoms with van der Waals surface area (Å²) < 4.78 is 4.76. The largest absolute Gasteiger partial charge is 0.367 e. The lowest BCUT2D eigenvalue weighted by Gasteiger charge is -2.09. The molecule has 0 radical (unpaired) electrons. The van der Waals surface area contributed by atoms with Crippen molar-refractivity contribution >= 4 is 11.7 Å². The predicted molar refractivity (Wildman–Crippen MR) is 67.6 cm³/mol. The third kappa shape index (κ3) is 7.91. The van der Waals surface area contributed by atoms with E-state index in [0.717, 1.165) is 19.3 Å². The molecule has 1 amide bonds. The smallest absolute Gasteiger partial charge is 0.254 e. The van der Waals surface area contributed by atoms with Gasteiger partial charge in [0.1, 0.15) is 0 Å². The summed E-state index contributed by atoms with van der Waals surface area (Å²) in [6.45, 7) is 2.19. The lowest BCUT2D eigenvalue weighted by molar-refractivity contribution is -0.140. The van der Waals surface area contributed by atoms with Crippen LogP contribution in [0.4, 0.5) is 0 Å². The Labute approximate surface area is 104 Å². The second kappa shape index (κ2) is 10.3. The van der Waals surface area contributed by atoms with Gasteiger partial charge in [-0.15, -0.1) is 0 Å². The molecule has 0 aliphatic heterocycles. The highest BCUT2D eigenvalue weighted by Gasteiger charge is 2.22. The zero-order valence-electron chi connectivity index (χ0n) is 11.0. The molecule has 4 heteroatoms. The fourth-order valence-electron chi connectivity index (χ4n) is 1.79. The van der Waals surface area contributed by atoms with Crippen LogP contribution in [0, 0.1) is 0 Å². The molecule has 0 aromatic rings. The number of ether oxygens (including phenoxy) is 1. The zero-order chi connectivity index (χ0) is 13.1. The molecule has 0 saturated heterocycles. The monoisotopic (exact) mass is 243 g/mol. The Morgan fingerprint density at radius 2 is 1.59 bits per heavy atom. The summed E-state index contributed by atoms with van der Waals surface area (Å²) in [6, 6.07) is 0. The summed E-state index contributed by atoms with van der Waals surface area (Å²) in [4.78, 5) is 22.4. The van der Waals surface area contributed by atoms with Crippen LogP contribution >= 0.6 is 0 Å². The van der Waals surface area contributed by atoms with Crippen molar-refractivity contribution in [2.75, 3.05) is 7.11 Å². The highest BCUT2D eigenvalue weighted by atomic mass is 16.5. The van der Waals surface area contributed by atoms with E-state index in [2.05, 4.69) is 6.92 Å². The molecular weight excluding hydrogens is 218 g/mol. The van der Waals surface area contributed by atoms with Crippen molar-refractivity contribution < 1.29 is 14.3 Å². The molecule has 0 saturated carbocycles. The van der Waals surface area contributed by atoms with Crippen molar-refractivity contribution in [3.63, 3.8) is 0 Å². The molecule has 0 rings (SSSR count). The van der Waals surface area contributed by atoms with Crippen molar-refractivity contribution in [1.29, 1.82) is 0 Å². The number of primary amides is 1.